The molecule has 1 fully saturated rings. The molecule has 4 heterocycles. The van der Waals surface area contributed by atoms with Gasteiger partial charge in [-0.2, -0.15) is 5.10 Å². The molecule has 0 spiro atoms. The van der Waals surface area contributed by atoms with E-state index >= 15 is 0 Å². The van der Waals surface area contributed by atoms with Gasteiger partial charge in [-0.1, -0.05) is 0 Å². The van der Waals surface area contributed by atoms with E-state index in [2.05, 4.69) is 30.3 Å². The van der Waals surface area contributed by atoms with Crippen LogP contribution in [0.3, 0.4) is 0 Å². The lowest BCUT2D eigenvalue weighted by atomic mass is 10.2. The summed E-state index contributed by atoms with van der Waals surface area (Å²) in [6.45, 7) is 1.73. The first kappa shape index (κ1) is 17.2. The third kappa shape index (κ3) is 3.81. The Hall–Kier alpha value is -3.23. The van der Waals surface area contributed by atoms with Crippen molar-refractivity contribution in [3.63, 3.8) is 0 Å². The van der Waals surface area contributed by atoms with Crippen molar-refractivity contribution in [2.75, 3.05) is 42.3 Å². The standard InChI is InChI=1S/C18H23N9/c1-25(2)17-8-16(20-12-21-17)23-14-5-7-27(11-14)18-19-6-4-15(24-18)13-9-22-26(3)10-13/h4,6,8-10,12,14H,5,7,11H2,1-3H3,(H,20,21,23). The number of hydrogen-bond donors (Lipinski definition) is 1. The second-order valence-corrected chi connectivity index (χ2v) is 6.88. The quantitative estimate of drug-likeness (QED) is 0.726. The zero-order chi connectivity index (χ0) is 18.8. The average molecular weight is 365 g/mol. The topological polar surface area (TPSA) is 87.9 Å². The van der Waals surface area contributed by atoms with Crippen molar-refractivity contribution in [3.8, 4) is 11.3 Å². The van der Waals surface area contributed by atoms with Crippen LogP contribution in [-0.4, -0.2) is 62.9 Å². The smallest absolute Gasteiger partial charge is 0.225 e. The van der Waals surface area contributed by atoms with Crippen molar-refractivity contribution in [1.82, 2.24) is 29.7 Å². The highest BCUT2D eigenvalue weighted by molar-refractivity contribution is 5.58. The van der Waals surface area contributed by atoms with Crippen molar-refractivity contribution < 1.29 is 0 Å². The van der Waals surface area contributed by atoms with E-state index in [1.807, 2.05) is 50.6 Å². The molecule has 1 N–H and O–H groups in total. The van der Waals surface area contributed by atoms with Crippen LogP contribution in [0.25, 0.3) is 11.3 Å². The Bertz CT molecular complexity index is 920. The minimum atomic E-state index is 0.292. The van der Waals surface area contributed by atoms with Gasteiger partial charge < -0.3 is 15.1 Å². The van der Waals surface area contributed by atoms with Gasteiger partial charge in [0.15, 0.2) is 0 Å². The van der Waals surface area contributed by atoms with E-state index in [9.17, 15) is 0 Å². The van der Waals surface area contributed by atoms with Crippen LogP contribution in [0.1, 0.15) is 6.42 Å². The van der Waals surface area contributed by atoms with Gasteiger partial charge in [-0.05, 0) is 12.5 Å². The summed E-state index contributed by atoms with van der Waals surface area (Å²) in [4.78, 5) is 21.9. The number of hydrogen-bond acceptors (Lipinski definition) is 8. The van der Waals surface area contributed by atoms with Crippen LogP contribution in [0.4, 0.5) is 17.6 Å². The maximum atomic E-state index is 4.72. The molecule has 0 aromatic carbocycles. The zero-order valence-corrected chi connectivity index (χ0v) is 15.7. The summed E-state index contributed by atoms with van der Waals surface area (Å²) in [7, 11) is 5.84. The van der Waals surface area contributed by atoms with E-state index in [1.165, 1.54) is 0 Å². The summed E-state index contributed by atoms with van der Waals surface area (Å²) in [5, 5.41) is 7.71. The van der Waals surface area contributed by atoms with Gasteiger partial charge in [0.2, 0.25) is 5.95 Å². The molecule has 1 saturated heterocycles. The summed E-state index contributed by atoms with van der Waals surface area (Å²) in [5.74, 6) is 2.47. The molecule has 1 aliphatic rings. The van der Waals surface area contributed by atoms with Crippen molar-refractivity contribution >= 4 is 17.6 Å². The van der Waals surface area contributed by atoms with Gasteiger partial charge >= 0.3 is 0 Å². The largest absolute Gasteiger partial charge is 0.365 e. The lowest BCUT2D eigenvalue weighted by Gasteiger charge is -2.18. The maximum absolute atomic E-state index is 4.72. The Morgan fingerprint density at radius 2 is 2.11 bits per heavy atom. The molecule has 1 unspecified atom stereocenters. The van der Waals surface area contributed by atoms with Crippen LogP contribution in [0.15, 0.2) is 37.1 Å². The predicted octanol–water partition coefficient (Wildman–Crippen LogP) is 1.42. The number of rotatable bonds is 5. The van der Waals surface area contributed by atoms with Crippen LogP contribution in [0, 0.1) is 0 Å². The van der Waals surface area contributed by atoms with Crippen LogP contribution in [0.5, 0.6) is 0 Å². The molecule has 3 aromatic heterocycles. The van der Waals surface area contributed by atoms with Gasteiger partial charge in [-0.15, -0.1) is 0 Å². The molecule has 0 aliphatic carbocycles. The molecule has 9 heteroatoms. The molecule has 0 amide bonds. The summed E-state index contributed by atoms with van der Waals surface area (Å²) in [6.07, 6.45) is 8.17. The van der Waals surface area contributed by atoms with Gasteiger partial charge in [0, 0.05) is 64.3 Å². The Labute approximate surface area is 158 Å². The molecule has 4 rings (SSSR count). The molecular formula is C18H23N9. The van der Waals surface area contributed by atoms with Gasteiger partial charge in [-0.25, -0.2) is 19.9 Å². The highest BCUT2D eigenvalue weighted by Crippen LogP contribution is 2.22. The average Bonchev–Trinajstić information content (AvgIpc) is 3.31. The van der Waals surface area contributed by atoms with E-state index in [0.29, 0.717) is 6.04 Å². The first-order valence-electron chi connectivity index (χ1n) is 8.91. The summed E-state index contributed by atoms with van der Waals surface area (Å²) < 4.78 is 1.77. The molecule has 1 aliphatic heterocycles. The minimum Gasteiger partial charge on any atom is -0.365 e. The van der Waals surface area contributed by atoms with Crippen molar-refractivity contribution in [3.05, 3.63) is 37.1 Å². The van der Waals surface area contributed by atoms with E-state index in [1.54, 1.807) is 17.2 Å². The SMILES string of the molecule is CN(C)c1cc(NC2CCN(c3nccc(-c4cnn(C)c4)n3)C2)ncn1. The fourth-order valence-corrected chi connectivity index (χ4v) is 3.15. The van der Waals surface area contributed by atoms with Crippen LogP contribution >= 0.6 is 0 Å². The number of nitrogens with zero attached hydrogens (tertiary/aromatic N) is 8. The third-order valence-electron chi connectivity index (χ3n) is 4.58. The Morgan fingerprint density at radius 3 is 2.89 bits per heavy atom. The Kier molecular flexibility index (Phi) is 4.57. The van der Waals surface area contributed by atoms with Gasteiger partial charge in [0.05, 0.1) is 11.9 Å². The van der Waals surface area contributed by atoms with E-state index in [0.717, 1.165) is 48.4 Å². The summed E-state index contributed by atoms with van der Waals surface area (Å²) in [5.41, 5.74) is 1.88. The zero-order valence-electron chi connectivity index (χ0n) is 15.7. The Morgan fingerprint density at radius 1 is 1.22 bits per heavy atom. The molecule has 9 nitrogen and oxygen atoms in total. The molecule has 0 bridgehead atoms. The number of anilines is 3. The second-order valence-electron chi connectivity index (χ2n) is 6.88. The van der Waals surface area contributed by atoms with Gasteiger partial charge in [0.25, 0.3) is 0 Å². The van der Waals surface area contributed by atoms with E-state index in [4.69, 9.17) is 4.98 Å². The fraction of sp³-hybridized carbons (Fsp3) is 0.389. The lowest BCUT2D eigenvalue weighted by molar-refractivity contribution is 0.768. The van der Waals surface area contributed by atoms with Gasteiger partial charge in [0.1, 0.15) is 18.0 Å². The van der Waals surface area contributed by atoms with E-state index < -0.39 is 0 Å². The second kappa shape index (κ2) is 7.18. The minimum absolute atomic E-state index is 0.292. The van der Waals surface area contributed by atoms with Crippen molar-refractivity contribution in [1.29, 1.82) is 0 Å². The lowest BCUT2D eigenvalue weighted by Crippen LogP contribution is -2.27. The maximum Gasteiger partial charge on any atom is 0.225 e. The van der Waals surface area contributed by atoms with Crippen LogP contribution < -0.4 is 15.1 Å². The normalized spacial score (nSPS) is 16.6. The number of aryl methyl sites for hydroxylation is 1. The molecule has 1 atom stereocenters. The van der Waals surface area contributed by atoms with Crippen molar-refractivity contribution in [2.45, 2.75) is 12.5 Å². The highest BCUT2D eigenvalue weighted by atomic mass is 15.3. The number of nitrogens with one attached hydrogen (secondary N) is 1. The molecule has 3 aromatic rings. The summed E-state index contributed by atoms with van der Waals surface area (Å²) in [6, 6.07) is 4.17. The van der Waals surface area contributed by atoms with E-state index in [-0.39, 0.29) is 0 Å². The monoisotopic (exact) mass is 365 g/mol. The fourth-order valence-electron chi connectivity index (χ4n) is 3.15. The Balaban J connectivity index is 1.44. The highest BCUT2D eigenvalue weighted by Gasteiger charge is 2.25. The molecule has 140 valence electrons. The van der Waals surface area contributed by atoms with Crippen LogP contribution in [0.2, 0.25) is 0 Å². The van der Waals surface area contributed by atoms with Crippen molar-refractivity contribution in [2.24, 2.45) is 7.05 Å². The first-order chi connectivity index (χ1) is 13.1. The summed E-state index contributed by atoms with van der Waals surface area (Å²) >= 11 is 0. The third-order valence-corrected chi connectivity index (χ3v) is 4.58. The number of aromatic nitrogens is 6. The molecular weight excluding hydrogens is 342 g/mol. The molecule has 0 saturated carbocycles. The first-order valence-corrected chi connectivity index (χ1v) is 8.91. The molecule has 27 heavy (non-hydrogen) atoms. The van der Waals surface area contributed by atoms with Gasteiger partial charge in [-0.3, -0.25) is 4.68 Å². The predicted molar refractivity (Wildman–Crippen MR) is 105 cm³/mol. The van der Waals surface area contributed by atoms with Crippen LogP contribution in [-0.2, 0) is 7.05 Å². The molecule has 0 radical (unpaired) electrons.